The molecule has 2 aliphatic carbocycles. The average Bonchev–Trinajstić information content (AvgIpc) is 3.32. The van der Waals surface area contributed by atoms with E-state index >= 15 is 0 Å². The largest absolute Gasteiger partial charge is 0.348 e. The van der Waals surface area contributed by atoms with Crippen LogP contribution in [0.5, 0.6) is 0 Å². The lowest BCUT2D eigenvalue weighted by molar-refractivity contribution is 0.617. The number of nitrogens with zero attached hydrogens (tertiary/aromatic N) is 2. The zero-order valence-corrected chi connectivity index (χ0v) is 13.8. The molecule has 20 heavy (non-hydrogen) atoms. The van der Waals surface area contributed by atoms with E-state index in [2.05, 4.69) is 31.0 Å². The summed E-state index contributed by atoms with van der Waals surface area (Å²) in [6.07, 6.45) is 5.41. The van der Waals surface area contributed by atoms with Crippen LogP contribution in [0.3, 0.4) is 0 Å². The van der Waals surface area contributed by atoms with Crippen molar-refractivity contribution in [3.8, 4) is 0 Å². The summed E-state index contributed by atoms with van der Waals surface area (Å²) in [7, 11) is 0. The van der Waals surface area contributed by atoms with Crippen LogP contribution in [0.4, 0.5) is 5.13 Å². The van der Waals surface area contributed by atoms with E-state index in [1.54, 1.807) is 0 Å². The lowest BCUT2D eigenvalue weighted by Crippen LogP contribution is -2.27. The Morgan fingerprint density at radius 1 is 1.30 bits per heavy atom. The molecule has 3 nitrogen and oxygen atoms in total. The van der Waals surface area contributed by atoms with Crippen LogP contribution in [-0.4, -0.2) is 24.1 Å². The first kappa shape index (κ1) is 14.3. The van der Waals surface area contributed by atoms with E-state index in [0.29, 0.717) is 5.92 Å². The molecule has 1 N–H and O–H groups in total. The molecule has 0 spiro atoms. The van der Waals surface area contributed by atoms with Gasteiger partial charge in [-0.3, -0.25) is 0 Å². The Morgan fingerprint density at radius 3 is 2.60 bits per heavy atom. The first-order valence-corrected chi connectivity index (χ1v) is 8.97. The van der Waals surface area contributed by atoms with Crippen LogP contribution in [0.2, 0.25) is 0 Å². The van der Waals surface area contributed by atoms with Gasteiger partial charge in [0.15, 0.2) is 5.13 Å². The van der Waals surface area contributed by atoms with Crippen molar-refractivity contribution in [2.45, 2.75) is 65.0 Å². The Balaban J connectivity index is 1.74. The van der Waals surface area contributed by atoms with E-state index in [-0.39, 0.29) is 0 Å². The molecular weight excluding hydrogens is 266 g/mol. The van der Waals surface area contributed by atoms with Crippen LogP contribution in [0.25, 0.3) is 0 Å². The molecule has 1 heterocycles. The topological polar surface area (TPSA) is 28.2 Å². The fourth-order valence-corrected chi connectivity index (χ4v) is 3.77. The maximum Gasteiger partial charge on any atom is 0.185 e. The van der Waals surface area contributed by atoms with Crippen molar-refractivity contribution >= 4 is 16.5 Å². The highest BCUT2D eigenvalue weighted by Crippen LogP contribution is 2.44. The summed E-state index contributed by atoms with van der Waals surface area (Å²) in [4.78, 5) is 8.94. The lowest BCUT2D eigenvalue weighted by Gasteiger charge is -2.21. The zero-order valence-electron chi connectivity index (χ0n) is 13.0. The highest BCUT2D eigenvalue weighted by atomic mass is 32.1. The van der Waals surface area contributed by atoms with Gasteiger partial charge in [0.1, 0.15) is 0 Å². The van der Waals surface area contributed by atoms with Crippen molar-refractivity contribution in [2.75, 3.05) is 18.0 Å². The van der Waals surface area contributed by atoms with Crippen molar-refractivity contribution in [2.24, 2.45) is 5.92 Å². The Morgan fingerprint density at radius 2 is 2.05 bits per heavy atom. The first-order chi connectivity index (χ1) is 9.67. The number of hydrogen-bond donors (Lipinski definition) is 1. The summed E-state index contributed by atoms with van der Waals surface area (Å²) in [6, 6.07) is 0.783. The molecule has 0 amide bonds. The van der Waals surface area contributed by atoms with E-state index in [0.717, 1.165) is 31.6 Å². The average molecular weight is 293 g/mol. The van der Waals surface area contributed by atoms with Gasteiger partial charge in [-0.1, -0.05) is 13.8 Å². The fourth-order valence-electron chi connectivity index (χ4n) is 2.60. The molecule has 0 radical (unpaired) electrons. The number of anilines is 1. The van der Waals surface area contributed by atoms with E-state index in [9.17, 15) is 0 Å². The van der Waals surface area contributed by atoms with Crippen LogP contribution >= 0.6 is 11.3 Å². The molecule has 3 rings (SSSR count). The quantitative estimate of drug-likeness (QED) is 0.791. The van der Waals surface area contributed by atoms with Crippen molar-refractivity contribution in [1.29, 1.82) is 0 Å². The second-order valence-electron chi connectivity index (χ2n) is 6.67. The van der Waals surface area contributed by atoms with E-state index in [1.165, 1.54) is 41.4 Å². The third kappa shape index (κ3) is 3.53. The number of thiazole rings is 1. The van der Waals surface area contributed by atoms with Gasteiger partial charge in [0.2, 0.25) is 0 Å². The SMILES string of the molecule is CCN(CC(C)C)c1nc(C2CC2)c(CNC2CC2)s1. The second kappa shape index (κ2) is 6.02. The van der Waals surface area contributed by atoms with Crippen LogP contribution in [0, 0.1) is 5.92 Å². The van der Waals surface area contributed by atoms with Crippen LogP contribution < -0.4 is 10.2 Å². The zero-order chi connectivity index (χ0) is 14.1. The Bertz CT molecular complexity index is 447. The minimum absolute atomic E-state index is 0.691. The normalized spacial score (nSPS) is 18.8. The van der Waals surface area contributed by atoms with Crippen LogP contribution in [-0.2, 0) is 6.54 Å². The molecule has 4 heteroatoms. The molecule has 2 fully saturated rings. The van der Waals surface area contributed by atoms with Gasteiger partial charge in [0.25, 0.3) is 0 Å². The number of rotatable bonds is 8. The Hall–Kier alpha value is -0.610. The van der Waals surface area contributed by atoms with E-state index < -0.39 is 0 Å². The third-order valence-corrected chi connectivity index (χ3v) is 5.18. The minimum atomic E-state index is 0.691. The lowest BCUT2D eigenvalue weighted by atomic mass is 10.2. The molecule has 2 saturated carbocycles. The highest BCUT2D eigenvalue weighted by molar-refractivity contribution is 7.15. The summed E-state index contributed by atoms with van der Waals surface area (Å²) in [5, 5.41) is 4.90. The van der Waals surface area contributed by atoms with Gasteiger partial charge >= 0.3 is 0 Å². The smallest absolute Gasteiger partial charge is 0.185 e. The first-order valence-electron chi connectivity index (χ1n) is 8.15. The molecule has 1 aromatic rings. The predicted octanol–water partition coefficient (Wildman–Crippen LogP) is 3.75. The predicted molar refractivity (Wildman–Crippen MR) is 86.7 cm³/mol. The molecule has 0 atom stereocenters. The summed E-state index contributed by atoms with van der Waals surface area (Å²) < 4.78 is 0. The summed E-state index contributed by atoms with van der Waals surface area (Å²) in [5.74, 6) is 1.45. The van der Waals surface area contributed by atoms with Gasteiger partial charge in [-0.05, 0) is 38.5 Å². The molecule has 2 aliphatic rings. The van der Waals surface area contributed by atoms with Crippen LogP contribution in [0.1, 0.15) is 62.9 Å². The molecule has 112 valence electrons. The summed E-state index contributed by atoms with van der Waals surface area (Å²) in [6.45, 7) is 10.0. The highest BCUT2D eigenvalue weighted by Gasteiger charge is 2.31. The molecule has 0 unspecified atom stereocenters. The number of hydrogen-bond acceptors (Lipinski definition) is 4. The van der Waals surface area contributed by atoms with Crippen molar-refractivity contribution < 1.29 is 0 Å². The number of aromatic nitrogens is 1. The monoisotopic (exact) mass is 293 g/mol. The number of nitrogens with one attached hydrogen (secondary N) is 1. The Kier molecular flexibility index (Phi) is 4.32. The van der Waals surface area contributed by atoms with Gasteiger partial charge in [-0.2, -0.15) is 0 Å². The van der Waals surface area contributed by atoms with Gasteiger partial charge in [-0.15, -0.1) is 11.3 Å². The standard InChI is InChI=1S/C16H27N3S/c1-4-19(10-11(2)3)16-18-15(12-5-6-12)14(20-16)9-17-13-7-8-13/h11-13,17H,4-10H2,1-3H3. The fraction of sp³-hybridized carbons (Fsp3) is 0.812. The van der Waals surface area contributed by atoms with Gasteiger partial charge in [-0.25, -0.2) is 4.98 Å². The molecule has 1 aromatic heterocycles. The van der Waals surface area contributed by atoms with Crippen molar-refractivity contribution in [3.05, 3.63) is 10.6 Å². The molecule has 0 aliphatic heterocycles. The second-order valence-corrected chi connectivity index (χ2v) is 7.73. The molecule has 0 bridgehead atoms. The summed E-state index contributed by atoms with van der Waals surface area (Å²) in [5.41, 5.74) is 1.40. The molecular formula is C16H27N3S. The third-order valence-electron chi connectivity index (χ3n) is 4.05. The Labute approximate surface area is 126 Å². The molecule has 0 saturated heterocycles. The molecule has 0 aromatic carbocycles. The van der Waals surface area contributed by atoms with Crippen LogP contribution in [0.15, 0.2) is 0 Å². The van der Waals surface area contributed by atoms with Crippen molar-refractivity contribution in [3.63, 3.8) is 0 Å². The maximum absolute atomic E-state index is 5.00. The maximum atomic E-state index is 5.00. The van der Waals surface area contributed by atoms with E-state index in [4.69, 9.17) is 4.98 Å². The minimum Gasteiger partial charge on any atom is -0.348 e. The van der Waals surface area contributed by atoms with E-state index in [1.807, 2.05) is 11.3 Å². The summed E-state index contributed by atoms with van der Waals surface area (Å²) >= 11 is 1.92. The van der Waals surface area contributed by atoms with Gasteiger partial charge in [0.05, 0.1) is 5.69 Å². The van der Waals surface area contributed by atoms with Crippen molar-refractivity contribution in [1.82, 2.24) is 10.3 Å². The van der Waals surface area contributed by atoms with Gasteiger partial charge in [0, 0.05) is 36.5 Å². The van der Waals surface area contributed by atoms with Gasteiger partial charge < -0.3 is 10.2 Å².